The first-order valence-electron chi connectivity index (χ1n) is 11.6. The molecular weight excluding hydrogens is 533 g/mol. The van der Waals surface area contributed by atoms with Gasteiger partial charge in [0.25, 0.3) is 0 Å². The lowest BCUT2D eigenvalue weighted by molar-refractivity contribution is -0.141. The van der Waals surface area contributed by atoms with Crippen LogP contribution in [0.1, 0.15) is 18.4 Å². The zero-order chi connectivity index (χ0) is 24.5. The van der Waals surface area contributed by atoms with Crippen LogP contribution in [0.4, 0.5) is 5.69 Å². The molecule has 36 heavy (non-hydrogen) atoms. The van der Waals surface area contributed by atoms with E-state index in [2.05, 4.69) is 88.9 Å². The fourth-order valence-electron chi connectivity index (χ4n) is 4.33. The summed E-state index contributed by atoms with van der Waals surface area (Å²) in [4.78, 5) is 24.1. The molecule has 1 amide bonds. The lowest BCUT2D eigenvalue weighted by Crippen LogP contribution is -3.00. The Balaban J connectivity index is 0.00000361. The molecule has 4 aromatic rings. The number of hydrogen-bond acceptors (Lipinski definition) is 3. The first kappa shape index (κ1) is 27.3. The van der Waals surface area contributed by atoms with Crippen LogP contribution in [-0.2, 0) is 20.5 Å². The Morgan fingerprint density at radius 2 is 1.11 bits per heavy atom. The average Bonchev–Trinajstić information content (AvgIpc) is 2.92. The van der Waals surface area contributed by atoms with E-state index in [4.69, 9.17) is 0 Å². The molecule has 184 valence electrons. The Kier molecular flexibility index (Phi) is 9.98. The molecule has 0 aliphatic carbocycles. The number of nitrogens with one attached hydrogen (secondary N) is 1. The van der Waals surface area contributed by atoms with E-state index in [1.165, 1.54) is 23.0 Å². The van der Waals surface area contributed by atoms with Crippen LogP contribution in [0.3, 0.4) is 0 Å². The Morgan fingerprint density at radius 1 is 0.667 bits per heavy atom. The summed E-state index contributed by atoms with van der Waals surface area (Å²) in [5.74, 6) is -0.596. The van der Waals surface area contributed by atoms with E-state index in [0.29, 0.717) is 0 Å². The van der Waals surface area contributed by atoms with E-state index in [1.807, 2.05) is 36.4 Å². The van der Waals surface area contributed by atoms with Gasteiger partial charge in [0, 0.05) is 17.7 Å². The molecule has 0 aliphatic heterocycles. The van der Waals surface area contributed by atoms with Crippen LogP contribution in [0.25, 0.3) is 0 Å². The molecule has 4 aromatic carbocycles. The van der Waals surface area contributed by atoms with Crippen LogP contribution in [0.2, 0.25) is 0 Å². The second-order valence-electron chi connectivity index (χ2n) is 8.26. The second-order valence-corrected chi connectivity index (χ2v) is 11.7. The number of hydrogen-bond donors (Lipinski definition) is 1. The van der Waals surface area contributed by atoms with Crippen molar-refractivity contribution in [2.45, 2.75) is 19.0 Å². The standard InChI is InChI=1S/C30H28NO3P.BrH/c1-34-30(33)22-21-29(32)31-28-20-12-11-13-24(28)23-35(25-14-5-2-6-15-25,26-16-7-3-8-17-26)27-18-9-4-10-19-27;/h2-20H,21-23H2,1H3;1H. The van der Waals surface area contributed by atoms with E-state index in [9.17, 15) is 9.59 Å². The first-order valence-corrected chi connectivity index (χ1v) is 13.6. The number of esters is 1. The third-order valence-corrected chi connectivity index (χ3v) is 10.4. The van der Waals surface area contributed by atoms with Gasteiger partial charge in [-0.25, -0.2) is 0 Å². The zero-order valence-electron chi connectivity index (χ0n) is 20.1. The summed E-state index contributed by atoms with van der Waals surface area (Å²) in [6, 6.07) is 39.9. The summed E-state index contributed by atoms with van der Waals surface area (Å²) >= 11 is 0. The highest BCUT2D eigenvalue weighted by Gasteiger charge is 2.45. The van der Waals surface area contributed by atoms with Gasteiger partial charge in [-0.2, -0.15) is 0 Å². The molecule has 0 unspecified atom stereocenters. The third kappa shape index (κ3) is 6.29. The van der Waals surface area contributed by atoms with Crippen LogP contribution in [0.15, 0.2) is 115 Å². The maximum absolute atomic E-state index is 12.7. The number of amides is 1. The summed E-state index contributed by atoms with van der Waals surface area (Å²) in [6.07, 6.45) is 0.884. The number of ether oxygens (including phenoxy) is 1. The molecule has 6 heteroatoms. The topological polar surface area (TPSA) is 55.4 Å². The number of halogens is 1. The molecule has 0 heterocycles. The van der Waals surface area contributed by atoms with Crippen molar-refractivity contribution in [1.82, 2.24) is 0 Å². The number of rotatable bonds is 9. The van der Waals surface area contributed by atoms with Crippen molar-refractivity contribution in [3.8, 4) is 0 Å². The summed E-state index contributed by atoms with van der Waals surface area (Å²) < 4.78 is 4.67. The second kappa shape index (κ2) is 13.2. The van der Waals surface area contributed by atoms with Crippen molar-refractivity contribution in [3.05, 3.63) is 121 Å². The number of benzene rings is 4. The van der Waals surface area contributed by atoms with Gasteiger partial charge in [0.2, 0.25) is 5.91 Å². The molecule has 0 saturated heterocycles. The Labute approximate surface area is 223 Å². The third-order valence-electron chi connectivity index (χ3n) is 6.07. The molecule has 0 saturated carbocycles. The van der Waals surface area contributed by atoms with Gasteiger partial charge in [-0.3, -0.25) is 9.59 Å². The highest BCUT2D eigenvalue weighted by atomic mass is 79.9. The minimum Gasteiger partial charge on any atom is -1.00 e. The van der Waals surface area contributed by atoms with E-state index in [0.717, 1.165) is 17.4 Å². The van der Waals surface area contributed by atoms with Gasteiger partial charge in [-0.15, -0.1) is 0 Å². The normalized spacial score (nSPS) is 10.7. The fourth-order valence-corrected chi connectivity index (χ4v) is 8.61. The van der Waals surface area contributed by atoms with Gasteiger partial charge >= 0.3 is 5.97 Å². The maximum atomic E-state index is 12.7. The summed E-state index contributed by atoms with van der Waals surface area (Å²) in [5.41, 5.74) is 1.83. The quantitative estimate of drug-likeness (QED) is 0.251. The van der Waals surface area contributed by atoms with Crippen molar-refractivity contribution >= 4 is 40.7 Å². The summed E-state index contributed by atoms with van der Waals surface area (Å²) in [6.45, 7) is 0. The van der Waals surface area contributed by atoms with Crippen LogP contribution in [-0.4, -0.2) is 19.0 Å². The van der Waals surface area contributed by atoms with Crippen molar-refractivity contribution < 1.29 is 31.3 Å². The molecule has 4 rings (SSSR count). The Hall–Kier alpha value is -3.27. The van der Waals surface area contributed by atoms with Crippen LogP contribution < -0.4 is 38.2 Å². The smallest absolute Gasteiger partial charge is 0.306 e. The van der Waals surface area contributed by atoms with Gasteiger partial charge in [-0.05, 0) is 42.5 Å². The number of carbonyl (C=O) groups excluding carboxylic acids is 2. The maximum Gasteiger partial charge on any atom is 0.306 e. The lowest BCUT2D eigenvalue weighted by atomic mass is 10.2. The Morgan fingerprint density at radius 3 is 1.58 bits per heavy atom. The zero-order valence-corrected chi connectivity index (χ0v) is 22.6. The van der Waals surface area contributed by atoms with Gasteiger partial charge in [-0.1, -0.05) is 72.8 Å². The predicted octanol–water partition coefficient (Wildman–Crippen LogP) is 2.08. The van der Waals surface area contributed by atoms with Crippen LogP contribution in [0.5, 0.6) is 0 Å². The molecule has 1 N–H and O–H groups in total. The van der Waals surface area contributed by atoms with E-state index in [-0.39, 0.29) is 35.7 Å². The first-order chi connectivity index (χ1) is 17.1. The number of carbonyl (C=O) groups is 2. The summed E-state index contributed by atoms with van der Waals surface area (Å²) in [5, 5.41) is 6.88. The minimum absolute atomic E-state index is 0. The minimum atomic E-state index is -2.11. The van der Waals surface area contributed by atoms with Crippen LogP contribution in [0, 0.1) is 0 Å². The molecule has 0 spiro atoms. The van der Waals surface area contributed by atoms with Crippen molar-refractivity contribution in [2.24, 2.45) is 0 Å². The van der Waals surface area contributed by atoms with Gasteiger partial charge < -0.3 is 27.0 Å². The monoisotopic (exact) mass is 561 g/mol. The SMILES string of the molecule is COC(=O)CCC(=O)Nc1ccccc1C[P+](c1ccccc1)(c1ccccc1)c1ccccc1.[Br-]. The molecule has 4 nitrogen and oxygen atoms in total. The van der Waals surface area contributed by atoms with Crippen molar-refractivity contribution in [1.29, 1.82) is 0 Å². The predicted molar refractivity (Wildman–Crippen MR) is 145 cm³/mol. The largest absolute Gasteiger partial charge is 1.00 e. The average molecular weight is 562 g/mol. The highest BCUT2D eigenvalue weighted by molar-refractivity contribution is 7.95. The van der Waals surface area contributed by atoms with Crippen LogP contribution >= 0.6 is 7.26 Å². The number of anilines is 1. The molecular formula is C30H29BrNO3P. The van der Waals surface area contributed by atoms with E-state index in [1.54, 1.807) is 0 Å². The van der Waals surface area contributed by atoms with Gasteiger partial charge in [0.1, 0.15) is 29.3 Å². The summed E-state index contributed by atoms with van der Waals surface area (Å²) in [7, 11) is -0.778. The number of para-hydroxylation sites is 1. The van der Waals surface area contributed by atoms with Gasteiger partial charge in [0.15, 0.2) is 0 Å². The number of methoxy groups -OCH3 is 1. The van der Waals surface area contributed by atoms with E-state index < -0.39 is 13.2 Å². The molecule has 0 aromatic heterocycles. The lowest BCUT2D eigenvalue weighted by Gasteiger charge is -2.28. The van der Waals surface area contributed by atoms with E-state index >= 15 is 0 Å². The van der Waals surface area contributed by atoms with Gasteiger partial charge in [0.05, 0.1) is 13.5 Å². The van der Waals surface area contributed by atoms with Crippen molar-refractivity contribution in [3.63, 3.8) is 0 Å². The molecule has 0 bridgehead atoms. The molecule has 0 radical (unpaired) electrons. The molecule has 0 aliphatic rings. The molecule has 0 atom stereocenters. The van der Waals surface area contributed by atoms with Crippen molar-refractivity contribution in [2.75, 3.05) is 12.4 Å². The Bertz CT molecular complexity index is 1170. The molecule has 0 fully saturated rings. The fraction of sp³-hybridized carbons (Fsp3) is 0.133. The highest BCUT2D eigenvalue weighted by Crippen LogP contribution is 2.58.